The Hall–Kier alpha value is -3.21. The van der Waals surface area contributed by atoms with E-state index in [-0.39, 0.29) is 11.7 Å². The van der Waals surface area contributed by atoms with Crippen molar-refractivity contribution < 1.29 is 9.90 Å². The quantitative estimate of drug-likeness (QED) is 0.519. The first-order valence-corrected chi connectivity index (χ1v) is 12.2. The zero-order valence-electron chi connectivity index (χ0n) is 19.0. The second kappa shape index (κ2) is 9.74. The summed E-state index contributed by atoms with van der Waals surface area (Å²) in [5.41, 5.74) is 6.05. The van der Waals surface area contributed by atoms with Crippen LogP contribution < -0.4 is 5.32 Å². The molecule has 0 radical (unpaired) electrons. The Kier molecular flexibility index (Phi) is 6.38. The molecule has 5 heteroatoms. The highest BCUT2D eigenvalue weighted by atomic mass is 16.3. The third-order valence-electron chi connectivity index (χ3n) is 6.96. The number of hydrogen-bond donors (Lipinski definition) is 2. The van der Waals surface area contributed by atoms with Gasteiger partial charge in [0.2, 0.25) is 5.91 Å². The lowest BCUT2D eigenvalue weighted by molar-refractivity contribution is -0.116. The molecule has 1 fully saturated rings. The Bertz CT molecular complexity index is 1140. The third kappa shape index (κ3) is 5.08. The van der Waals surface area contributed by atoms with Gasteiger partial charge in [0.15, 0.2) is 5.82 Å². The molecule has 1 saturated carbocycles. The summed E-state index contributed by atoms with van der Waals surface area (Å²) in [5.74, 6) is 1.50. The Morgan fingerprint density at radius 1 is 1.00 bits per heavy atom. The van der Waals surface area contributed by atoms with Crippen molar-refractivity contribution in [2.45, 2.75) is 64.2 Å². The van der Waals surface area contributed by atoms with E-state index in [1.165, 1.54) is 32.1 Å². The minimum atomic E-state index is -0.0147. The van der Waals surface area contributed by atoms with Gasteiger partial charge in [-0.1, -0.05) is 62.4 Å². The summed E-state index contributed by atoms with van der Waals surface area (Å²) in [6.45, 7) is 0. The lowest BCUT2D eigenvalue weighted by atomic mass is 9.85. The molecular formula is C28H31N3O2. The number of amides is 1. The maximum absolute atomic E-state index is 12.8. The van der Waals surface area contributed by atoms with E-state index in [4.69, 9.17) is 9.97 Å². The van der Waals surface area contributed by atoms with E-state index in [1.807, 2.05) is 30.3 Å². The average Bonchev–Trinajstić information content (AvgIpc) is 2.84. The number of hydrogen-bond acceptors (Lipinski definition) is 4. The van der Waals surface area contributed by atoms with Crippen molar-refractivity contribution in [2.75, 3.05) is 5.32 Å². The minimum absolute atomic E-state index is 0.0147. The van der Waals surface area contributed by atoms with Crippen LogP contribution in [0.15, 0.2) is 48.5 Å². The van der Waals surface area contributed by atoms with Crippen molar-refractivity contribution in [3.8, 4) is 17.0 Å². The number of aryl methyl sites for hydroxylation is 3. The van der Waals surface area contributed by atoms with Gasteiger partial charge in [0, 0.05) is 12.0 Å². The van der Waals surface area contributed by atoms with Gasteiger partial charge in [0.1, 0.15) is 5.75 Å². The number of rotatable bonds is 6. The number of benzene rings is 2. The van der Waals surface area contributed by atoms with Gasteiger partial charge in [-0.15, -0.1) is 0 Å². The van der Waals surface area contributed by atoms with Crippen LogP contribution in [0.2, 0.25) is 0 Å². The van der Waals surface area contributed by atoms with Gasteiger partial charge in [-0.3, -0.25) is 4.79 Å². The lowest BCUT2D eigenvalue weighted by Crippen LogP contribution is -2.20. The van der Waals surface area contributed by atoms with E-state index in [2.05, 4.69) is 17.4 Å². The van der Waals surface area contributed by atoms with E-state index < -0.39 is 0 Å². The number of nitrogens with one attached hydrogen (secondary N) is 1. The van der Waals surface area contributed by atoms with Crippen LogP contribution in [0.25, 0.3) is 11.3 Å². The second-order valence-corrected chi connectivity index (χ2v) is 9.40. The summed E-state index contributed by atoms with van der Waals surface area (Å²) in [7, 11) is 0. The van der Waals surface area contributed by atoms with E-state index in [9.17, 15) is 9.90 Å². The molecule has 0 atom stereocenters. The van der Waals surface area contributed by atoms with Crippen molar-refractivity contribution >= 4 is 11.7 Å². The minimum Gasteiger partial charge on any atom is -0.508 e. The summed E-state index contributed by atoms with van der Waals surface area (Å²) >= 11 is 0. The van der Waals surface area contributed by atoms with Crippen LogP contribution >= 0.6 is 0 Å². The SMILES string of the molecule is O=C(CCc1ccccc1)Nc1nc2c(nc1CC1CCCCC1)-c1ccc(O)cc1CC2. The molecular weight excluding hydrogens is 410 g/mol. The predicted molar refractivity (Wildman–Crippen MR) is 130 cm³/mol. The van der Waals surface area contributed by atoms with Gasteiger partial charge in [-0.25, -0.2) is 9.97 Å². The number of aromatic hydroxyl groups is 1. The maximum atomic E-state index is 12.8. The smallest absolute Gasteiger partial charge is 0.225 e. The van der Waals surface area contributed by atoms with Crippen LogP contribution in [0.5, 0.6) is 5.75 Å². The molecule has 0 saturated heterocycles. The first-order valence-electron chi connectivity index (χ1n) is 12.2. The number of anilines is 1. The molecule has 0 bridgehead atoms. The number of carbonyl (C=O) groups excluding carboxylic acids is 1. The van der Waals surface area contributed by atoms with E-state index >= 15 is 0 Å². The van der Waals surface area contributed by atoms with Crippen molar-refractivity contribution in [2.24, 2.45) is 5.92 Å². The van der Waals surface area contributed by atoms with Gasteiger partial charge < -0.3 is 10.4 Å². The summed E-state index contributed by atoms with van der Waals surface area (Å²) in [6, 6.07) is 15.6. The molecule has 5 nitrogen and oxygen atoms in total. The molecule has 0 aliphatic heterocycles. The normalized spacial score (nSPS) is 15.5. The van der Waals surface area contributed by atoms with Crippen molar-refractivity contribution in [1.29, 1.82) is 0 Å². The average molecular weight is 442 g/mol. The topological polar surface area (TPSA) is 75.1 Å². The summed E-state index contributed by atoms with van der Waals surface area (Å²) < 4.78 is 0. The Morgan fingerprint density at radius 2 is 1.82 bits per heavy atom. The molecule has 1 heterocycles. The summed E-state index contributed by atoms with van der Waals surface area (Å²) in [5, 5.41) is 13.0. The van der Waals surface area contributed by atoms with Crippen LogP contribution in [0.1, 0.15) is 61.0 Å². The summed E-state index contributed by atoms with van der Waals surface area (Å²) in [6.07, 6.45) is 9.83. The second-order valence-electron chi connectivity index (χ2n) is 9.40. The molecule has 1 aromatic heterocycles. The highest BCUT2D eigenvalue weighted by molar-refractivity contribution is 5.90. The van der Waals surface area contributed by atoms with Crippen LogP contribution in [-0.2, 0) is 30.5 Å². The van der Waals surface area contributed by atoms with Crippen LogP contribution in [-0.4, -0.2) is 21.0 Å². The molecule has 2 aliphatic carbocycles. The lowest BCUT2D eigenvalue weighted by Gasteiger charge is -2.24. The Balaban J connectivity index is 1.42. The van der Waals surface area contributed by atoms with Gasteiger partial charge in [-0.05, 0) is 60.9 Å². The molecule has 0 unspecified atom stereocenters. The molecule has 2 aromatic carbocycles. The summed E-state index contributed by atoms with van der Waals surface area (Å²) in [4.78, 5) is 22.9. The predicted octanol–water partition coefficient (Wildman–Crippen LogP) is 5.64. The fraction of sp³-hybridized carbons (Fsp3) is 0.393. The molecule has 3 aromatic rings. The largest absolute Gasteiger partial charge is 0.508 e. The number of fused-ring (bicyclic) bond motifs is 3. The number of aromatic nitrogens is 2. The molecule has 33 heavy (non-hydrogen) atoms. The third-order valence-corrected chi connectivity index (χ3v) is 6.96. The zero-order chi connectivity index (χ0) is 22.6. The van der Waals surface area contributed by atoms with Crippen LogP contribution in [0.4, 0.5) is 5.82 Å². The fourth-order valence-electron chi connectivity index (χ4n) is 5.17. The number of phenols is 1. The molecule has 5 rings (SSSR count). The zero-order valence-corrected chi connectivity index (χ0v) is 19.0. The first kappa shape index (κ1) is 21.6. The Labute approximate surface area is 195 Å². The molecule has 2 aliphatic rings. The van der Waals surface area contributed by atoms with Crippen molar-refractivity contribution in [3.63, 3.8) is 0 Å². The van der Waals surface area contributed by atoms with Gasteiger partial charge >= 0.3 is 0 Å². The van der Waals surface area contributed by atoms with E-state index in [0.717, 1.165) is 53.0 Å². The van der Waals surface area contributed by atoms with Gasteiger partial charge in [-0.2, -0.15) is 0 Å². The van der Waals surface area contributed by atoms with E-state index in [0.29, 0.717) is 24.6 Å². The van der Waals surface area contributed by atoms with Crippen LogP contribution in [0.3, 0.4) is 0 Å². The Morgan fingerprint density at radius 3 is 2.64 bits per heavy atom. The number of nitrogens with zero attached hydrogens (tertiary/aromatic N) is 2. The van der Waals surface area contributed by atoms with Gasteiger partial charge in [0.25, 0.3) is 0 Å². The first-order chi connectivity index (χ1) is 16.2. The highest BCUT2D eigenvalue weighted by Crippen LogP contribution is 2.36. The maximum Gasteiger partial charge on any atom is 0.225 e. The number of phenolic OH excluding ortho intramolecular Hbond substituents is 1. The fourth-order valence-corrected chi connectivity index (χ4v) is 5.17. The van der Waals surface area contributed by atoms with Crippen molar-refractivity contribution in [1.82, 2.24) is 9.97 Å². The van der Waals surface area contributed by atoms with E-state index in [1.54, 1.807) is 6.07 Å². The molecule has 1 amide bonds. The van der Waals surface area contributed by atoms with Gasteiger partial charge in [0.05, 0.1) is 17.1 Å². The standard InChI is InChI=1S/C28H31N3O2/c32-22-13-14-23-21(18-22)12-15-24-27(23)29-25(17-20-9-5-2-6-10-20)28(30-24)31-26(33)16-11-19-7-3-1-4-8-19/h1,3-4,7-8,13-14,18,20,32H,2,5-6,9-12,15-17H2,(H,30,31,33). The molecule has 170 valence electrons. The number of carbonyl (C=O) groups is 1. The molecule has 0 spiro atoms. The van der Waals surface area contributed by atoms with Crippen molar-refractivity contribution in [3.05, 3.63) is 71.0 Å². The van der Waals surface area contributed by atoms with Crippen LogP contribution in [0, 0.1) is 5.92 Å². The molecule has 2 N–H and O–H groups in total. The highest BCUT2D eigenvalue weighted by Gasteiger charge is 2.24. The monoisotopic (exact) mass is 441 g/mol.